The van der Waals surface area contributed by atoms with Crippen LogP contribution >= 0.6 is 0 Å². The highest BCUT2D eigenvalue weighted by molar-refractivity contribution is 5.92. The Morgan fingerprint density at radius 2 is 2.11 bits per heavy atom. The van der Waals surface area contributed by atoms with E-state index >= 15 is 0 Å². The molecule has 1 aromatic carbocycles. The zero-order valence-corrected chi connectivity index (χ0v) is 10.7. The zero-order chi connectivity index (χ0) is 12.5. The van der Waals surface area contributed by atoms with E-state index in [1.807, 2.05) is 6.20 Å². The highest BCUT2D eigenvalue weighted by atomic mass is 15.2. The first-order valence-corrected chi connectivity index (χ1v) is 6.58. The lowest BCUT2D eigenvalue weighted by atomic mass is 10.1. The summed E-state index contributed by atoms with van der Waals surface area (Å²) in [5, 5.41) is 2.45. The topological polar surface area (TPSA) is 42.2 Å². The van der Waals surface area contributed by atoms with E-state index in [0.717, 1.165) is 11.7 Å². The van der Waals surface area contributed by atoms with Crippen molar-refractivity contribution < 1.29 is 0 Å². The maximum Gasteiger partial charge on any atom is 0.136 e. The molecule has 1 fully saturated rings. The van der Waals surface area contributed by atoms with Crippen LogP contribution < -0.4 is 10.6 Å². The number of hydrogen-bond acceptors (Lipinski definition) is 3. The number of aromatic nitrogens is 1. The van der Waals surface area contributed by atoms with E-state index in [2.05, 4.69) is 47.3 Å². The molecule has 0 spiro atoms. The maximum atomic E-state index is 5.93. The van der Waals surface area contributed by atoms with E-state index in [9.17, 15) is 0 Å². The molecule has 0 aliphatic heterocycles. The molecule has 18 heavy (non-hydrogen) atoms. The average molecular weight is 241 g/mol. The average Bonchev–Trinajstić information content (AvgIpc) is 3.23. The number of nitrogens with zero attached hydrogens (tertiary/aromatic N) is 2. The first kappa shape index (κ1) is 11.5. The maximum absolute atomic E-state index is 5.93. The highest BCUT2D eigenvalue weighted by Gasteiger charge is 2.33. The molecule has 1 aliphatic carbocycles. The molecule has 3 rings (SSSR count). The minimum atomic E-state index is 0.420. The van der Waals surface area contributed by atoms with Crippen LogP contribution in [0.2, 0.25) is 0 Å². The van der Waals surface area contributed by atoms with Crippen LogP contribution in [0.5, 0.6) is 0 Å². The minimum Gasteiger partial charge on any atom is -0.355 e. The summed E-state index contributed by atoms with van der Waals surface area (Å²) in [5.74, 6) is 1.80. The van der Waals surface area contributed by atoms with Crippen molar-refractivity contribution >= 4 is 16.6 Å². The van der Waals surface area contributed by atoms with Gasteiger partial charge in [0.2, 0.25) is 0 Å². The van der Waals surface area contributed by atoms with E-state index in [0.29, 0.717) is 12.6 Å². The number of benzene rings is 1. The fourth-order valence-corrected chi connectivity index (χ4v) is 2.69. The summed E-state index contributed by atoms with van der Waals surface area (Å²) < 4.78 is 0. The standard InChI is InChI=1S/C15H19N3/c1-18(14(10-16)12-6-7-12)15-13-5-3-2-4-11(13)8-9-17-15/h2-5,8-9,12,14H,6-7,10,16H2,1H3. The molecular weight excluding hydrogens is 222 g/mol. The molecule has 3 nitrogen and oxygen atoms in total. The van der Waals surface area contributed by atoms with E-state index in [1.54, 1.807) is 0 Å². The lowest BCUT2D eigenvalue weighted by Crippen LogP contribution is -2.40. The molecule has 94 valence electrons. The number of nitrogens with two attached hydrogens (primary N) is 1. The quantitative estimate of drug-likeness (QED) is 0.893. The third-order valence-corrected chi connectivity index (χ3v) is 3.89. The first-order chi connectivity index (χ1) is 8.81. The molecule has 0 amide bonds. The van der Waals surface area contributed by atoms with Crippen LogP contribution in [0, 0.1) is 5.92 Å². The molecule has 2 N–H and O–H groups in total. The van der Waals surface area contributed by atoms with Gasteiger partial charge < -0.3 is 10.6 Å². The van der Waals surface area contributed by atoms with Crippen molar-refractivity contribution in [3.8, 4) is 0 Å². The van der Waals surface area contributed by atoms with Crippen LogP contribution in [0.25, 0.3) is 10.8 Å². The van der Waals surface area contributed by atoms with Crippen molar-refractivity contribution in [3.63, 3.8) is 0 Å². The van der Waals surface area contributed by atoms with Crippen LogP contribution in [-0.4, -0.2) is 24.6 Å². The number of hydrogen-bond donors (Lipinski definition) is 1. The van der Waals surface area contributed by atoms with Gasteiger partial charge in [-0.1, -0.05) is 24.3 Å². The van der Waals surface area contributed by atoms with Crippen molar-refractivity contribution in [1.82, 2.24) is 4.98 Å². The highest BCUT2D eigenvalue weighted by Crippen LogP contribution is 2.37. The summed E-state index contributed by atoms with van der Waals surface area (Å²) in [6.45, 7) is 0.700. The van der Waals surface area contributed by atoms with Gasteiger partial charge in [0.25, 0.3) is 0 Å². The van der Waals surface area contributed by atoms with Crippen LogP contribution in [0.3, 0.4) is 0 Å². The smallest absolute Gasteiger partial charge is 0.136 e. The first-order valence-electron chi connectivity index (χ1n) is 6.58. The molecule has 1 heterocycles. The minimum absolute atomic E-state index is 0.420. The summed E-state index contributed by atoms with van der Waals surface area (Å²) in [7, 11) is 2.12. The Hall–Kier alpha value is -1.61. The molecule has 1 aromatic heterocycles. The number of likely N-dealkylation sites (N-methyl/N-ethyl adjacent to an activating group) is 1. The second-order valence-corrected chi connectivity index (χ2v) is 5.11. The molecule has 2 aromatic rings. The number of anilines is 1. The zero-order valence-electron chi connectivity index (χ0n) is 10.7. The van der Waals surface area contributed by atoms with Gasteiger partial charge in [0.15, 0.2) is 0 Å². The monoisotopic (exact) mass is 241 g/mol. The van der Waals surface area contributed by atoms with Crippen molar-refractivity contribution in [2.45, 2.75) is 18.9 Å². The lowest BCUT2D eigenvalue weighted by Gasteiger charge is -2.29. The normalized spacial score (nSPS) is 16.8. The van der Waals surface area contributed by atoms with Gasteiger partial charge in [0.05, 0.1) is 0 Å². The van der Waals surface area contributed by atoms with Gasteiger partial charge in [-0.3, -0.25) is 0 Å². The van der Waals surface area contributed by atoms with Crippen molar-refractivity contribution in [2.24, 2.45) is 11.7 Å². The molecule has 0 radical (unpaired) electrons. The summed E-state index contributed by atoms with van der Waals surface area (Å²) >= 11 is 0. The number of pyridine rings is 1. The molecule has 0 saturated heterocycles. The summed E-state index contributed by atoms with van der Waals surface area (Å²) in [6.07, 6.45) is 4.49. The Morgan fingerprint density at radius 1 is 1.33 bits per heavy atom. The molecule has 3 heteroatoms. The molecule has 0 bridgehead atoms. The van der Waals surface area contributed by atoms with Gasteiger partial charge in [-0.2, -0.15) is 0 Å². The fourth-order valence-electron chi connectivity index (χ4n) is 2.69. The summed E-state index contributed by atoms with van der Waals surface area (Å²) in [5.41, 5.74) is 5.93. The Morgan fingerprint density at radius 3 is 2.83 bits per heavy atom. The predicted octanol–water partition coefficient (Wildman–Crippen LogP) is 2.41. The Labute approximate surface area is 108 Å². The van der Waals surface area contributed by atoms with E-state index in [1.165, 1.54) is 23.6 Å². The largest absolute Gasteiger partial charge is 0.355 e. The fraction of sp³-hybridized carbons (Fsp3) is 0.400. The van der Waals surface area contributed by atoms with Gasteiger partial charge in [-0.05, 0) is 30.2 Å². The lowest BCUT2D eigenvalue weighted by molar-refractivity contribution is 0.568. The number of fused-ring (bicyclic) bond motifs is 1. The van der Waals surface area contributed by atoms with Gasteiger partial charge in [-0.25, -0.2) is 4.98 Å². The summed E-state index contributed by atoms with van der Waals surface area (Å²) in [4.78, 5) is 6.82. The summed E-state index contributed by atoms with van der Waals surface area (Å²) in [6, 6.07) is 10.9. The third-order valence-electron chi connectivity index (χ3n) is 3.89. The van der Waals surface area contributed by atoms with Crippen molar-refractivity contribution in [2.75, 3.05) is 18.5 Å². The Balaban J connectivity index is 2.02. The van der Waals surface area contributed by atoms with Gasteiger partial charge in [0, 0.05) is 31.2 Å². The van der Waals surface area contributed by atoms with Crippen molar-refractivity contribution in [1.29, 1.82) is 0 Å². The Bertz CT molecular complexity index is 543. The van der Waals surface area contributed by atoms with Crippen molar-refractivity contribution in [3.05, 3.63) is 36.5 Å². The SMILES string of the molecule is CN(c1nccc2ccccc12)C(CN)C1CC1. The van der Waals surface area contributed by atoms with Gasteiger partial charge >= 0.3 is 0 Å². The molecule has 1 atom stereocenters. The van der Waals surface area contributed by atoms with E-state index in [-0.39, 0.29) is 0 Å². The van der Waals surface area contributed by atoms with Crippen LogP contribution in [-0.2, 0) is 0 Å². The van der Waals surface area contributed by atoms with Crippen LogP contribution in [0.15, 0.2) is 36.5 Å². The second-order valence-electron chi connectivity index (χ2n) is 5.11. The molecule has 1 unspecified atom stereocenters. The van der Waals surface area contributed by atoms with E-state index in [4.69, 9.17) is 5.73 Å². The third kappa shape index (κ3) is 1.95. The van der Waals surface area contributed by atoms with Gasteiger partial charge in [0.1, 0.15) is 5.82 Å². The molecular formula is C15H19N3. The van der Waals surface area contributed by atoms with Gasteiger partial charge in [-0.15, -0.1) is 0 Å². The Kier molecular flexibility index (Phi) is 2.92. The van der Waals surface area contributed by atoms with Crippen LogP contribution in [0.4, 0.5) is 5.82 Å². The predicted molar refractivity (Wildman–Crippen MR) is 75.7 cm³/mol. The second kappa shape index (κ2) is 4.58. The number of rotatable bonds is 4. The van der Waals surface area contributed by atoms with E-state index < -0.39 is 0 Å². The van der Waals surface area contributed by atoms with Crippen LogP contribution in [0.1, 0.15) is 12.8 Å². The molecule has 1 saturated carbocycles. The molecule has 1 aliphatic rings.